The number of fused-ring (bicyclic) bond motifs is 1. The van der Waals surface area contributed by atoms with Gasteiger partial charge in [0.05, 0.1) is 19.4 Å². The number of thioether (sulfide) groups is 2. The number of rotatable bonds is 9. The summed E-state index contributed by atoms with van der Waals surface area (Å²) in [5.74, 6) is 0.882. The molecule has 14 heteroatoms. The van der Waals surface area contributed by atoms with Crippen molar-refractivity contribution < 1.29 is 33.2 Å². The largest absolute Gasteiger partial charge is 0.394 e. The van der Waals surface area contributed by atoms with E-state index in [1.165, 1.54) is 10.9 Å². The number of anilines is 1. The van der Waals surface area contributed by atoms with Gasteiger partial charge in [-0.1, -0.05) is 11.8 Å². The fourth-order valence-electron chi connectivity index (χ4n) is 2.91. The third-order valence-corrected chi connectivity index (χ3v) is 5.87. The molecule has 0 spiro atoms. The lowest BCUT2D eigenvalue weighted by molar-refractivity contribution is -0.129. The summed E-state index contributed by atoms with van der Waals surface area (Å²) in [6, 6.07) is 0. The van der Waals surface area contributed by atoms with Crippen molar-refractivity contribution in [2.45, 2.75) is 42.3 Å². The van der Waals surface area contributed by atoms with Crippen molar-refractivity contribution >= 4 is 40.5 Å². The second-order valence-electron chi connectivity index (χ2n) is 6.54. The SMILES string of the molecule is CSCCNc1nc(SCCC(F)(F)F)nc2c1ncn2[C@@H]1O[C@H](CO)[C@@H](O)[C@@H]1O. The number of aromatic nitrogens is 4. The van der Waals surface area contributed by atoms with Gasteiger partial charge in [-0.2, -0.15) is 24.9 Å². The zero-order chi connectivity index (χ0) is 21.9. The van der Waals surface area contributed by atoms with E-state index in [1.807, 2.05) is 6.26 Å². The van der Waals surface area contributed by atoms with Crippen LogP contribution in [0.2, 0.25) is 0 Å². The molecule has 0 radical (unpaired) electrons. The van der Waals surface area contributed by atoms with Gasteiger partial charge in [-0.3, -0.25) is 4.57 Å². The number of imidazole rings is 1. The zero-order valence-corrected chi connectivity index (χ0v) is 17.5. The minimum absolute atomic E-state index is 0.117. The van der Waals surface area contributed by atoms with Gasteiger partial charge < -0.3 is 25.4 Å². The van der Waals surface area contributed by atoms with E-state index in [1.54, 1.807) is 11.8 Å². The molecule has 4 atom stereocenters. The molecule has 1 aliphatic rings. The molecule has 30 heavy (non-hydrogen) atoms. The van der Waals surface area contributed by atoms with Gasteiger partial charge in [0.2, 0.25) is 0 Å². The highest BCUT2D eigenvalue weighted by molar-refractivity contribution is 7.99. The van der Waals surface area contributed by atoms with Crippen molar-refractivity contribution in [3.05, 3.63) is 6.33 Å². The summed E-state index contributed by atoms with van der Waals surface area (Å²) >= 11 is 2.46. The van der Waals surface area contributed by atoms with Crippen LogP contribution in [0.3, 0.4) is 0 Å². The highest BCUT2D eigenvalue weighted by atomic mass is 32.2. The van der Waals surface area contributed by atoms with Gasteiger partial charge in [-0.15, -0.1) is 0 Å². The molecule has 0 aromatic carbocycles. The topological polar surface area (TPSA) is 126 Å². The first-order valence-corrected chi connectivity index (χ1v) is 11.4. The van der Waals surface area contributed by atoms with Crippen LogP contribution in [0.4, 0.5) is 19.0 Å². The summed E-state index contributed by atoms with van der Waals surface area (Å²) in [4.78, 5) is 12.9. The van der Waals surface area contributed by atoms with Crippen molar-refractivity contribution in [2.75, 3.05) is 36.2 Å². The maximum absolute atomic E-state index is 12.5. The smallest absolute Gasteiger partial charge is 0.389 e. The Morgan fingerprint density at radius 3 is 2.63 bits per heavy atom. The molecular formula is C16H22F3N5O4S2. The molecule has 1 fully saturated rings. The van der Waals surface area contributed by atoms with Crippen molar-refractivity contribution in [2.24, 2.45) is 0 Å². The van der Waals surface area contributed by atoms with E-state index in [0.717, 1.165) is 17.5 Å². The van der Waals surface area contributed by atoms with Crippen LogP contribution in [0.1, 0.15) is 12.6 Å². The second-order valence-corrected chi connectivity index (χ2v) is 8.59. The van der Waals surface area contributed by atoms with Gasteiger partial charge in [0, 0.05) is 18.1 Å². The highest BCUT2D eigenvalue weighted by Gasteiger charge is 2.44. The summed E-state index contributed by atoms with van der Waals surface area (Å²) in [5.41, 5.74) is 0.593. The lowest BCUT2D eigenvalue weighted by Crippen LogP contribution is -2.33. The van der Waals surface area contributed by atoms with Crippen LogP contribution in [0.25, 0.3) is 11.2 Å². The molecule has 0 aliphatic carbocycles. The molecule has 3 rings (SSSR count). The van der Waals surface area contributed by atoms with Crippen LogP contribution in [-0.2, 0) is 4.74 Å². The third kappa shape index (κ3) is 5.29. The van der Waals surface area contributed by atoms with Crippen LogP contribution in [0.5, 0.6) is 0 Å². The number of aliphatic hydroxyl groups is 3. The van der Waals surface area contributed by atoms with E-state index in [0.29, 0.717) is 17.9 Å². The highest BCUT2D eigenvalue weighted by Crippen LogP contribution is 2.33. The number of nitrogens with zero attached hydrogens (tertiary/aromatic N) is 4. The van der Waals surface area contributed by atoms with Gasteiger partial charge in [0.1, 0.15) is 18.3 Å². The predicted molar refractivity (Wildman–Crippen MR) is 107 cm³/mol. The average Bonchev–Trinajstić information content (AvgIpc) is 3.22. The number of hydrogen-bond acceptors (Lipinski definition) is 10. The summed E-state index contributed by atoms with van der Waals surface area (Å²) in [5, 5.41) is 32.8. The van der Waals surface area contributed by atoms with Gasteiger partial charge in [0.15, 0.2) is 28.4 Å². The van der Waals surface area contributed by atoms with Gasteiger partial charge in [-0.25, -0.2) is 15.0 Å². The van der Waals surface area contributed by atoms with Crippen LogP contribution in [0, 0.1) is 0 Å². The predicted octanol–water partition coefficient (Wildman–Crippen LogP) is 1.26. The van der Waals surface area contributed by atoms with Gasteiger partial charge in [-0.05, 0) is 6.26 Å². The van der Waals surface area contributed by atoms with Crippen molar-refractivity contribution in [1.82, 2.24) is 19.5 Å². The fraction of sp³-hybridized carbons (Fsp3) is 0.688. The summed E-state index contributed by atoms with van der Waals surface area (Å²) < 4.78 is 44.4. The van der Waals surface area contributed by atoms with Crippen molar-refractivity contribution in [3.8, 4) is 0 Å². The first kappa shape index (κ1) is 23.3. The number of aliphatic hydroxyl groups excluding tert-OH is 3. The quantitative estimate of drug-likeness (QED) is 0.242. The summed E-state index contributed by atoms with van der Waals surface area (Å²) in [6.07, 6.45) is -6.68. The van der Waals surface area contributed by atoms with E-state index in [4.69, 9.17) is 4.74 Å². The molecule has 2 aromatic heterocycles. The molecule has 0 amide bonds. The number of hydrogen-bond donors (Lipinski definition) is 4. The Morgan fingerprint density at radius 1 is 1.23 bits per heavy atom. The Labute approximate surface area is 178 Å². The Morgan fingerprint density at radius 2 is 2.00 bits per heavy atom. The second kappa shape index (κ2) is 9.87. The number of ether oxygens (including phenoxy) is 1. The number of nitrogens with one attached hydrogen (secondary N) is 1. The molecule has 2 aromatic rings. The van der Waals surface area contributed by atoms with E-state index in [-0.39, 0.29) is 16.6 Å². The molecule has 3 heterocycles. The molecule has 0 bridgehead atoms. The molecule has 0 saturated carbocycles. The first-order chi connectivity index (χ1) is 14.2. The Bertz CT molecular complexity index is 856. The normalized spacial score (nSPS) is 24.6. The van der Waals surface area contributed by atoms with Gasteiger partial charge in [0.25, 0.3) is 0 Å². The number of halogens is 3. The van der Waals surface area contributed by atoms with Crippen molar-refractivity contribution in [3.63, 3.8) is 0 Å². The maximum Gasteiger partial charge on any atom is 0.389 e. The summed E-state index contributed by atoms with van der Waals surface area (Å²) in [7, 11) is 0. The minimum atomic E-state index is -4.28. The zero-order valence-electron chi connectivity index (χ0n) is 15.9. The lowest BCUT2D eigenvalue weighted by atomic mass is 10.1. The molecule has 4 N–H and O–H groups in total. The van der Waals surface area contributed by atoms with E-state index in [2.05, 4.69) is 20.3 Å². The molecule has 9 nitrogen and oxygen atoms in total. The Hall–Kier alpha value is -1.32. The van der Waals surface area contributed by atoms with Crippen LogP contribution in [-0.4, -0.2) is 90.2 Å². The average molecular weight is 470 g/mol. The van der Waals surface area contributed by atoms with E-state index in [9.17, 15) is 28.5 Å². The molecule has 1 aliphatic heterocycles. The minimum Gasteiger partial charge on any atom is -0.394 e. The first-order valence-electron chi connectivity index (χ1n) is 9.04. The molecule has 0 unspecified atom stereocenters. The Balaban J connectivity index is 1.93. The van der Waals surface area contributed by atoms with Crippen LogP contribution < -0.4 is 5.32 Å². The fourth-order valence-corrected chi connectivity index (χ4v) is 4.04. The monoisotopic (exact) mass is 469 g/mol. The molecule has 168 valence electrons. The third-order valence-electron chi connectivity index (χ3n) is 4.41. The Kier molecular flexibility index (Phi) is 7.68. The van der Waals surface area contributed by atoms with Crippen LogP contribution >= 0.6 is 23.5 Å². The standard InChI is InChI=1S/C16H22F3N5O4S2/c1-29-5-3-20-12-9-13(23-15(22-12)30-4-2-16(17,18)19)24(7-21-9)14-11(27)10(26)8(6-25)28-14/h7-8,10-11,14,25-27H,2-6H2,1H3,(H,20,22,23)/t8-,10-,11+,14-/m1/s1. The maximum atomic E-state index is 12.5. The van der Waals surface area contributed by atoms with Crippen LogP contribution in [0.15, 0.2) is 11.5 Å². The lowest BCUT2D eigenvalue weighted by Gasteiger charge is -2.17. The van der Waals surface area contributed by atoms with E-state index < -0.39 is 43.7 Å². The van der Waals surface area contributed by atoms with E-state index >= 15 is 0 Å². The van der Waals surface area contributed by atoms with Gasteiger partial charge >= 0.3 is 6.18 Å². The van der Waals surface area contributed by atoms with Crippen molar-refractivity contribution in [1.29, 1.82) is 0 Å². The number of alkyl halides is 3. The molecular weight excluding hydrogens is 447 g/mol. The molecule has 1 saturated heterocycles. The summed E-state index contributed by atoms with van der Waals surface area (Å²) in [6.45, 7) is 0.0665.